The SMILES string of the molecule is CCCCC(CC)CC.Cc1ccc2c(c1)C=CCC2. The Bertz CT molecular complexity index is 396. The monoisotopic (exact) mass is 272 g/mol. The van der Waals surface area contributed by atoms with E-state index in [-0.39, 0.29) is 0 Å². The first-order valence-electron chi connectivity index (χ1n) is 8.47. The number of benzene rings is 1. The Balaban J connectivity index is 0.000000206. The molecule has 0 N–H and O–H groups in total. The second kappa shape index (κ2) is 9.80. The van der Waals surface area contributed by atoms with Crippen molar-refractivity contribution in [2.75, 3.05) is 0 Å². The molecule has 112 valence electrons. The summed E-state index contributed by atoms with van der Waals surface area (Å²) in [6.45, 7) is 9.00. The molecule has 0 heterocycles. The quantitative estimate of drug-likeness (QED) is 0.569. The Hall–Kier alpha value is -1.04. The summed E-state index contributed by atoms with van der Waals surface area (Å²) in [7, 11) is 0. The lowest BCUT2D eigenvalue weighted by molar-refractivity contribution is 0.438. The standard InChI is InChI=1S/C11H12.C9H20/c1-9-6-7-10-4-2-3-5-11(10)8-9;1-4-7-8-9(5-2)6-3/h3,5-8H,2,4H2,1H3;9H,4-8H2,1-3H3. The van der Waals surface area contributed by atoms with Crippen LogP contribution in [0.4, 0.5) is 0 Å². The van der Waals surface area contributed by atoms with E-state index in [1.165, 1.54) is 61.6 Å². The number of aryl methyl sites for hydroxylation is 2. The van der Waals surface area contributed by atoms with Gasteiger partial charge in [-0.2, -0.15) is 0 Å². The molecule has 0 spiro atoms. The van der Waals surface area contributed by atoms with Crippen LogP contribution in [0.1, 0.15) is 76.0 Å². The summed E-state index contributed by atoms with van der Waals surface area (Å²) in [4.78, 5) is 0. The lowest BCUT2D eigenvalue weighted by Gasteiger charge is -2.09. The minimum atomic E-state index is 1.00. The third-order valence-electron chi connectivity index (χ3n) is 4.30. The average Bonchev–Trinajstić information content (AvgIpc) is 2.49. The highest BCUT2D eigenvalue weighted by molar-refractivity contribution is 5.57. The zero-order valence-electron chi connectivity index (χ0n) is 13.9. The molecular weight excluding hydrogens is 240 g/mol. The zero-order valence-corrected chi connectivity index (χ0v) is 13.9. The van der Waals surface area contributed by atoms with Crippen LogP contribution in [0.15, 0.2) is 24.3 Å². The van der Waals surface area contributed by atoms with E-state index in [2.05, 4.69) is 58.0 Å². The van der Waals surface area contributed by atoms with Crippen molar-refractivity contribution in [3.63, 3.8) is 0 Å². The van der Waals surface area contributed by atoms with Gasteiger partial charge in [-0.3, -0.25) is 0 Å². The minimum Gasteiger partial charge on any atom is -0.0836 e. The highest BCUT2D eigenvalue weighted by Gasteiger charge is 2.02. The summed E-state index contributed by atoms with van der Waals surface area (Å²) in [5, 5.41) is 0. The van der Waals surface area contributed by atoms with Gasteiger partial charge < -0.3 is 0 Å². The van der Waals surface area contributed by atoms with Gasteiger partial charge in [0, 0.05) is 0 Å². The molecule has 0 radical (unpaired) electrons. The van der Waals surface area contributed by atoms with Crippen LogP contribution < -0.4 is 0 Å². The number of allylic oxidation sites excluding steroid dienone is 1. The van der Waals surface area contributed by atoms with Gasteiger partial charge in [-0.15, -0.1) is 0 Å². The van der Waals surface area contributed by atoms with E-state index in [0.29, 0.717) is 0 Å². The van der Waals surface area contributed by atoms with Crippen molar-refractivity contribution >= 4 is 6.08 Å². The predicted octanol–water partition coefficient (Wildman–Crippen LogP) is 6.57. The Morgan fingerprint density at radius 2 is 1.85 bits per heavy atom. The van der Waals surface area contributed by atoms with Gasteiger partial charge in [0.15, 0.2) is 0 Å². The Morgan fingerprint density at radius 1 is 1.10 bits per heavy atom. The van der Waals surface area contributed by atoms with E-state index in [4.69, 9.17) is 0 Å². The lowest BCUT2D eigenvalue weighted by Crippen LogP contribution is -1.95. The Kier molecular flexibility index (Phi) is 8.34. The molecule has 0 saturated carbocycles. The smallest absolute Gasteiger partial charge is 0.0225 e. The van der Waals surface area contributed by atoms with Gasteiger partial charge in [0.25, 0.3) is 0 Å². The van der Waals surface area contributed by atoms with Gasteiger partial charge >= 0.3 is 0 Å². The maximum atomic E-state index is 2.30. The molecule has 0 aliphatic heterocycles. The van der Waals surface area contributed by atoms with Crippen molar-refractivity contribution in [3.8, 4) is 0 Å². The number of rotatable bonds is 5. The Labute approximate surface area is 126 Å². The number of hydrogen-bond acceptors (Lipinski definition) is 0. The summed E-state index contributed by atoms with van der Waals surface area (Å²) >= 11 is 0. The van der Waals surface area contributed by atoms with Gasteiger partial charge in [0.1, 0.15) is 0 Å². The van der Waals surface area contributed by atoms with Crippen molar-refractivity contribution in [1.29, 1.82) is 0 Å². The van der Waals surface area contributed by atoms with Crippen molar-refractivity contribution in [3.05, 3.63) is 41.0 Å². The Morgan fingerprint density at radius 3 is 2.50 bits per heavy atom. The van der Waals surface area contributed by atoms with Gasteiger partial charge in [0.05, 0.1) is 0 Å². The topological polar surface area (TPSA) is 0 Å². The molecule has 0 bridgehead atoms. The molecule has 0 nitrogen and oxygen atoms in total. The molecule has 0 heteroatoms. The summed E-state index contributed by atoms with van der Waals surface area (Å²) in [6, 6.07) is 6.69. The van der Waals surface area contributed by atoms with Crippen LogP contribution >= 0.6 is 0 Å². The first kappa shape index (κ1) is 17.0. The molecule has 1 aliphatic rings. The van der Waals surface area contributed by atoms with E-state index in [1.807, 2.05) is 0 Å². The van der Waals surface area contributed by atoms with Crippen molar-refractivity contribution in [2.45, 2.75) is 72.6 Å². The van der Waals surface area contributed by atoms with E-state index in [0.717, 1.165) is 5.92 Å². The molecule has 2 rings (SSSR count). The number of fused-ring (bicyclic) bond motifs is 1. The molecule has 0 atom stereocenters. The van der Waals surface area contributed by atoms with Gasteiger partial charge in [-0.25, -0.2) is 0 Å². The third-order valence-corrected chi connectivity index (χ3v) is 4.30. The molecule has 1 aromatic rings. The van der Waals surface area contributed by atoms with Gasteiger partial charge in [-0.05, 0) is 36.8 Å². The molecule has 1 aromatic carbocycles. The molecule has 20 heavy (non-hydrogen) atoms. The highest BCUT2D eigenvalue weighted by atomic mass is 14.1. The lowest BCUT2D eigenvalue weighted by atomic mass is 9.96. The molecule has 0 fully saturated rings. The van der Waals surface area contributed by atoms with E-state index in [9.17, 15) is 0 Å². The van der Waals surface area contributed by atoms with Crippen molar-refractivity contribution in [2.24, 2.45) is 5.92 Å². The fraction of sp³-hybridized carbons (Fsp3) is 0.600. The molecule has 1 aliphatic carbocycles. The third kappa shape index (κ3) is 5.94. The highest BCUT2D eigenvalue weighted by Crippen LogP contribution is 2.19. The fourth-order valence-corrected chi connectivity index (χ4v) is 2.74. The maximum Gasteiger partial charge on any atom is -0.0225 e. The van der Waals surface area contributed by atoms with E-state index in [1.54, 1.807) is 0 Å². The maximum absolute atomic E-state index is 2.30. The van der Waals surface area contributed by atoms with E-state index < -0.39 is 0 Å². The first-order chi connectivity index (χ1) is 9.71. The molecule has 0 saturated heterocycles. The normalized spacial score (nSPS) is 12.8. The molecule has 0 amide bonds. The summed E-state index contributed by atoms with van der Waals surface area (Å²) in [5.41, 5.74) is 4.27. The second-order valence-electron chi connectivity index (χ2n) is 5.97. The predicted molar refractivity (Wildman–Crippen MR) is 92.1 cm³/mol. The molecule has 0 aromatic heterocycles. The largest absolute Gasteiger partial charge is 0.0836 e. The van der Waals surface area contributed by atoms with Crippen LogP contribution in [0.3, 0.4) is 0 Å². The molecule has 0 unspecified atom stereocenters. The number of hydrogen-bond donors (Lipinski definition) is 0. The molecular formula is C20H32. The van der Waals surface area contributed by atoms with Crippen LogP contribution in [0, 0.1) is 12.8 Å². The fourth-order valence-electron chi connectivity index (χ4n) is 2.74. The van der Waals surface area contributed by atoms with Crippen LogP contribution in [0.25, 0.3) is 6.08 Å². The van der Waals surface area contributed by atoms with Crippen LogP contribution in [0.5, 0.6) is 0 Å². The van der Waals surface area contributed by atoms with Crippen LogP contribution in [-0.2, 0) is 6.42 Å². The zero-order chi connectivity index (χ0) is 14.8. The summed E-state index contributed by atoms with van der Waals surface area (Å²) < 4.78 is 0. The second-order valence-corrected chi connectivity index (χ2v) is 5.97. The van der Waals surface area contributed by atoms with Crippen molar-refractivity contribution < 1.29 is 0 Å². The van der Waals surface area contributed by atoms with Gasteiger partial charge in [0.2, 0.25) is 0 Å². The van der Waals surface area contributed by atoms with Crippen molar-refractivity contribution in [1.82, 2.24) is 0 Å². The average molecular weight is 272 g/mol. The summed E-state index contributed by atoms with van der Waals surface area (Å²) in [6.07, 6.45) is 13.9. The minimum absolute atomic E-state index is 1.00. The first-order valence-corrected chi connectivity index (χ1v) is 8.47. The van der Waals surface area contributed by atoms with E-state index >= 15 is 0 Å². The number of unbranched alkanes of at least 4 members (excludes halogenated alkanes) is 1. The summed E-state index contributed by atoms with van der Waals surface area (Å²) in [5.74, 6) is 1.00. The van der Waals surface area contributed by atoms with Crippen LogP contribution in [0.2, 0.25) is 0 Å². The van der Waals surface area contributed by atoms with Crippen LogP contribution in [-0.4, -0.2) is 0 Å². The van der Waals surface area contributed by atoms with Gasteiger partial charge in [-0.1, -0.05) is 88.8 Å².